The van der Waals surface area contributed by atoms with E-state index in [0.29, 0.717) is 31.1 Å². The first-order chi connectivity index (χ1) is 10.6. The van der Waals surface area contributed by atoms with Crippen molar-refractivity contribution in [3.05, 3.63) is 11.7 Å². The third-order valence-electron chi connectivity index (χ3n) is 4.52. The molecule has 1 aliphatic heterocycles. The van der Waals surface area contributed by atoms with Crippen molar-refractivity contribution in [2.24, 2.45) is 0 Å². The van der Waals surface area contributed by atoms with Crippen LogP contribution in [0.25, 0.3) is 0 Å². The Morgan fingerprint density at radius 1 is 1.45 bits per heavy atom. The number of aliphatic hydroxyl groups excluding tert-OH is 1. The van der Waals surface area contributed by atoms with Gasteiger partial charge in [-0.2, -0.15) is 4.98 Å². The van der Waals surface area contributed by atoms with Crippen molar-refractivity contribution in [3.63, 3.8) is 0 Å². The van der Waals surface area contributed by atoms with Crippen LogP contribution < -0.4 is 0 Å². The molecule has 1 saturated carbocycles. The second-order valence-corrected chi connectivity index (χ2v) is 6.64. The first-order valence-electron chi connectivity index (χ1n) is 8.43. The van der Waals surface area contributed by atoms with Gasteiger partial charge in [-0.05, 0) is 45.4 Å². The Hall–Kier alpha value is -1.43. The summed E-state index contributed by atoms with van der Waals surface area (Å²) < 4.78 is 5.23. The number of nitrogens with zero attached hydrogens (tertiary/aromatic N) is 3. The fourth-order valence-corrected chi connectivity index (χ4v) is 3.21. The quantitative estimate of drug-likeness (QED) is 0.834. The van der Waals surface area contributed by atoms with Crippen LogP contribution in [0.15, 0.2) is 4.52 Å². The molecular formula is C16H25N3O3. The van der Waals surface area contributed by atoms with Gasteiger partial charge < -0.3 is 14.5 Å². The number of likely N-dealkylation sites (tertiary alicyclic amines) is 1. The van der Waals surface area contributed by atoms with Gasteiger partial charge in [0.1, 0.15) is 0 Å². The average Bonchev–Trinajstić information content (AvgIpc) is 3.04. The summed E-state index contributed by atoms with van der Waals surface area (Å²) in [6.07, 6.45) is 6.62. The van der Waals surface area contributed by atoms with Gasteiger partial charge in [0.25, 0.3) is 0 Å². The zero-order chi connectivity index (χ0) is 15.5. The fourth-order valence-electron chi connectivity index (χ4n) is 3.21. The van der Waals surface area contributed by atoms with Gasteiger partial charge in [-0.15, -0.1) is 0 Å². The third-order valence-corrected chi connectivity index (χ3v) is 4.52. The normalized spacial score (nSPS) is 23.0. The zero-order valence-corrected chi connectivity index (χ0v) is 13.2. The second-order valence-electron chi connectivity index (χ2n) is 6.64. The number of amides is 1. The van der Waals surface area contributed by atoms with Crippen molar-refractivity contribution < 1.29 is 14.4 Å². The number of carbonyl (C=O) groups excluding carboxylic acids is 1. The van der Waals surface area contributed by atoms with E-state index in [9.17, 15) is 9.90 Å². The maximum absolute atomic E-state index is 12.3. The molecule has 0 aromatic carbocycles. The summed E-state index contributed by atoms with van der Waals surface area (Å²) in [6, 6.07) is 0.206. The third kappa shape index (κ3) is 3.85. The Labute approximate surface area is 130 Å². The molecule has 2 atom stereocenters. The molecule has 2 unspecified atom stereocenters. The van der Waals surface area contributed by atoms with Crippen LogP contribution in [0.4, 0.5) is 0 Å². The molecule has 6 nitrogen and oxygen atoms in total. The topological polar surface area (TPSA) is 79.5 Å². The SMILES string of the molecule is CC(O)CC1CCCN1C(=O)CCCc1nc(C2CC2)no1. The summed E-state index contributed by atoms with van der Waals surface area (Å²) >= 11 is 0. The van der Waals surface area contributed by atoms with Crippen LogP contribution in [-0.2, 0) is 11.2 Å². The summed E-state index contributed by atoms with van der Waals surface area (Å²) in [5.74, 6) is 2.17. The maximum atomic E-state index is 12.3. The number of hydrogen-bond donors (Lipinski definition) is 1. The molecule has 1 N–H and O–H groups in total. The molecule has 0 bridgehead atoms. The molecule has 1 amide bonds. The molecule has 2 fully saturated rings. The van der Waals surface area contributed by atoms with Crippen molar-refractivity contribution in [2.75, 3.05) is 6.54 Å². The first kappa shape index (κ1) is 15.5. The standard InChI is InChI=1S/C16H25N3O3/c1-11(20)10-13-4-3-9-19(13)15(21)6-2-5-14-17-16(18-22-14)12-7-8-12/h11-13,20H,2-10H2,1H3. The number of rotatable bonds is 7. The van der Waals surface area contributed by atoms with Crippen molar-refractivity contribution in [1.29, 1.82) is 0 Å². The minimum atomic E-state index is -0.349. The Kier molecular flexibility index (Phi) is 4.76. The Bertz CT molecular complexity index is 510. The van der Waals surface area contributed by atoms with E-state index < -0.39 is 0 Å². The molecule has 122 valence electrons. The second kappa shape index (κ2) is 6.77. The van der Waals surface area contributed by atoms with Gasteiger partial charge in [0.2, 0.25) is 11.8 Å². The van der Waals surface area contributed by atoms with Gasteiger partial charge in [-0.25, -0.2) is 0 Å². The van der Waals surface area contributed by atoms with E-state index in [1.54, 1.807) is 6.92 Å². The van der Waals surface area contributed by atoms with Gasteiger partial charge >= 0.3 is 0 Å². The predicted octanol–water partition coefficient (Wildman–Crippen LogP) is 2.03. The van der Waals surface area contributed by atoms with Gasteiger partial charge in [-0.3, -0.25) is 4.79 Å². The van der Waals surface area contributed by atoms with Gasteiger partial charge in [0.15, 0.2) is 5.82 Å². The lowest BCUT2D eigenvalue weighted by atomic mass is 10.1. The molecule has 22 heavy (non-hydrogen) atoms. The summed E-state index contributed by atoms with van der Waals surface area (Å²) in [6.45, 7) is 2.61. The van der Waals surface area contributed by atoms with Crippen LogP contribution in [-0.4, -0.2) is 44.7 Å². The fraction of sp³-hybridized carbons (Fsp3) is 0.812. The van der Waals surface area contributed by atoms with Crippen molar-refractivity contribution in [1.82, 2.24) is 15.0 Å². The highest BCUT2D eigenvalue weighted by Crippen LogP contribution is 2.38. The molecule has 2 heterocycles. The average molecular weight is 307 g/mol. The Morgan fingerprint density at radius 3 is 3.00 bits per heavy atom. The van der Waals surface area contributed by atoms with Gasteiger partial charge in [0, 0.05) is 31.3 Å². The minimum Gasteiger partial charge on any atom is -0.393 e. The molecule has 0 radical (unpaired) electrons. The number of aliphatic hydroxyl groups is 1. The van der Waals surface area contributed by atoms with E-state index >= 15 is 0 Å². The molecule has 1 aromatic heterocycles. The first-order valence-corrected chi connectivity index (χ1v) is 8.43. The Morgan fingerprint density at radius 2 is 2.27 bits per heavy atom. The molecule has 6 heteroatoms. The van der Waals surface area contributed by atoms with E-state index in [1.807, 2.05) is 4.90 Å². The lowest BCUT2D eigenvalue weighted by molar-refractivity contribution is -0.132. The summed E-state index contributed by atoms with van der Waals surface area (Å²) in [5, 5.41) is 13.5. The van der Waals surface area contributed by atoms with Crippen LogP contribution in [0.3, 0.4) is 0 Å². The number of aromatic nitrogens is 2. The summed E-state index contributed by atoms with van der Waals surface area (Å²) in [4.78, 5) is 18.7. The van der Waals surface area contributed by atoms with E-state index in [-0.39, 0.29) is 18.1 Å². The van der Waals surface area contributed by atoms with Crippen LogP contribution in [0.1, 0.15) is 69.5 Å². The van der Waals surface area contributed by atoms with Gasteiger partial charge in [-0.1, -0.05) is 5.16 Å². The summed E-state index contributed by atoms with van der Waals surface area (Å²) in [7, 11) is 0. The van der Waals surface area contributed by atoms with E-state index in [4.69, 9.17) is 4.52 Å². The maximum Gasteiger partial charge on any atom is 0.226 e. The monoisotopic (exact) mass is 307 g/mol. The molecule has 3 rings (SSSR count). The van der Waals surface area contributed by atoms with E-state index in [1.165, 1.54) is 0 Å². The highest BCUT2D eigenvalue weighted by atomic mass is 16.5. The van der Waals surface area contributed by atoms with Crippen LogP contribution in [0, 0.1) is 0 Å². The number of aryl methyl sites for hydroxylation is 1. The van der Waals surface area contributed by atoms with Crippen molar-refractivity contribution >= 4 is 5.91 Å². The molecular weight excluding hydrogens is 282 g/mol. The van der Waals surface area contributed by atoms with E-state index in [0.717, 1.165) is 44.5 Å². The smallest absolute Gasteiger partial charge is 0.226 e. The zero-order valence-electron chi connectivity index (χ0n) is 13.2. The Balaban J connectivity index is 1.43. The van der Waals surface area contributed by atoms with E-state index in [2.05, 4.69) is 10.1 Å². The summed E-state index contributed by atoms with van der Waals surface area (Å²) in [5.41, 5.74) is 0. The number of hydrogen-bond acceptors (Lipinski definition) is 5. The highest BCUT2D eigenvalue weighted by molar-refractivity contribution is 5.76. The highest BCUT2D eigenvalue weighted by Gasteiger charge is 2.30. The van der Waals surface area contributed by atoms with Crippen LogP contribution in [0.5, 0.6) is 0 Å². The largest absolute Gasteiger partial charge is 0.393 e. The molecule has 2 aliphatic rings. The van der Waals surface area contributed by atoms with Gasteiger partial charge in [0.05, 0.1) is 6.10 Å². The van der Waals surface area contributed by atoms with Crippen LogP contribution >= 0.6 is 0 Å². The molecule has 1 aliphatic carbocycles. The molecule has 1 saturated heterocycles. The molecule has 0 spiro atoms. The molecule has 1 aromatic rings. The predicted molar refractivity (Wildman–Crippen MR) is 80.2 cm³/mol. The lowest BCUT2D eigenvalue weighted by Gasteiger charge is -2.25. The lowest BCUT2D eigenvalue weighted by Crippen LogP contribution is -2.37. The van der Waals surface area contributed by atoms with Crippen molar-refractivity contribution in [2.45, 2.75) is 76.4 Å². The number of carbonyl (C=O) groups is 1. The van der Waals surface area contributed by atoms with Crippen molar-refractivity contribution in [3.8, 4) is 0 Å². The minimum absolute atomic E-state index is 0.185. The van der Waals surface area contributed by atoms with Crippen LogP contribution in [0.2, 0.25) is 0 Å².